The van der Waals surface area contributed by atoms with Gasteiger partial charge in [-0.3, -0.25) is 4.79 Å². The Kier molecular flexibility index (Phi) is 3.34. The summed E-state index contributed by atoms with van der Waals surface area (Å²) in [6, 6.07) is 6.36. The van der Waals surface area contributed by atoms with Crippen molar-refractivity contribution < 1.29 is 13.9 Å². The van der Waals surface area contributed by atoms with Crippen LogP contribution in [0.1, 0.15) is 18.4 Å². The van der Waals surface area contributed by atoms with E-state index in [1.165, 1.54) is 12.3 Å². The summed E-state index contributed by atoms with van der Waals surface area (Å²) in [7, 11) is 0. The number of carbonyl (C=O) groups is 1. The number of ether oxygens (including phenoxy) is 1. The van der Waals surface area contributed by atoms with Gasteiger partial charge in [-0.25, -0.2) is 4.39 Å². The topological polar surface area (TPSA) is 26.3 Å². The van der Waals surface area contributed by atoms with E-state index >= 15 is 0 Å². The first-order valence-corrected chi connectivity index (χ1v) is 5.34. The van der Waals surface area contributed by atoms with Gasteiger partial charge in [0.15, 0.2) is 5.78 Å². The van der Waals surface area contributed by atoms with Crippen molar-refractivity contribution in [3.63, 3.8) is 0 Å². The molecule has 1 aromatic carbocycles. The molecule has 1 heterocycles. The highest BCUT2D eigenvalue weighted by atomic mass is 19.1. The van der Waals surface area contributed by atoms with Gasteiger partial charge in [0.05, 0.1) is 12.9 Å². The maximum Gasteiger partial charge on any atom is 0.166 e. The van der Waals surface area contributed by atoms with Gasteiger partial charge in [-0.1, -0.05) is 18.2 Å². The molecule has 0 spiro atoms. The minimum Gasteiger partial charge on any atom is -0.501 e. The standard InChI is InChI=1S/C13H13FO2/c14-12-6-2-1-4-10(12)8-13(15)11-5-3-7-16-9-11/h1-2,4,6,9H,3,5,7-8H2. The molecule has 2 nitrogen and oxygen atoms in total. The summed E-state index contributed by atoms with van der Waals surface area (Å²) >= 11 is 0. The normalized spacial score (nSPS) is 15.2. The van der Waals surface area contributed by atoms with Crippen LogP contribution in [-0.2, 0) is 16.0 Å². The van der Waals surface area contributed by atoms with Crippen LogP contribution in [0.15, 0.2) is 36.1 Å². The van der Waals surface area contributed by atoms with Crippen molar-refractivity contribution in [1.82, 2.24) is 0 Å². The first-order chi connectivity index (χ1) is 7.77. The summed E-state index contributed by atoms with van der Waals surface area (Å²) in [4.78, 5) is 11.8. The van der Waals surface area contributed by atoms with Crippen LogP contribution in [0.25, 0.3) is 0 Å². The fraction of sp³-hybridized carbons (Fsp3) is 0.308. The van der Waals surface area contributed by atoms with E-state index in [1.54, 1.807) is 18.2 Å². The van der Waals surface area contributed by atoms with Crippen molar-refractivity contribution in [2.75, 3.05) is 6.61 Å². The van der Waals surface area contributed by atoms with Crippen LogP contribution in [0.2, 0.25) is 0 Å². The lowest BCUT2D eigenvalue weighted by Gasteiger charge is -2.12. The SMILES string of the molecule is O=C(Cc1ccccc1F)C1=COCCC1. The van der Waals surface area contributed by atoms with Gasteiger partial charge in [0.25, 0.3) is 0 Å². The van der Waals surface area contributed by atoms with Crippen molar-refractivity contribution >= 4 is 5.78 Å². The Balaban J connectivity index is 2.07. The highest BCUT2D eigenvalue weighted by Crippen LogP contribution is 2.16. The average molecular weight is 220 g/mol. The minimum absolute atomic E-state index is 0.0511. The average Bonchev–Trinajstić information content (AvgIpc) is 2.33. The maximum atomic E-state index is 13.3. The van der Waals surface area contributed by atoms with Crippen LogP contribution in [-0.4, -0.2) is 12.4 Å². The summed E-state index contributed by atoms with van der Waals surface area (Å²) in [5.74, 6) is -0.377. The fourth-order valence-corrected chi connectivity index (χ4v) is 1.70. The Bertz CT molecular complexity index is 424. The number of Topliss-reactive ketones (excluding diaryl/α,β-unsaturated/α-hetero) is 1. The summed E-state index contributed by atoms with van der Waals surface area (Å²) in [5.41, 5.74) is 1.11. The Morgan fingerprint density at radius 2 is 2.19 bits per heavy atom. The summed E-state index contributed by atoms with van der Waals surface area (Å²) in [5, 5.41) is 0. The van der Waals surface area contributed by atoms with Gasteiger partial charge < -0.3 is 4.74 Å². The van der Waals surface area contributed by atoms with Gasteiger partial charge in [-0.05, 0) is 24.5 Å². The number of carbonyl (C=O) groups excluding carboxylic acids is 1. The Hall–Kier alpha value is -1.64. The predicted molar refractivity (Wildman–Crippen MR) is 58.4 cm³/mol. The molecule has 1 aliphatic heterocycles. The van der Waals surface area contributed by atoms with Gasteiger partial charge in [0, 0.05) is 12.0 Å². The first-order valence-electron chi connectivity index (χ1n) is 5.34. The highest BCUT2D eigenvalue weighted by Gasteiger charge is 2.15. The van der Waals surface area contributed by atoms with E-state index in [4.69, 9.17) is 4.74 Å². The van der Waals surface area contributed by atoms with Crippen LogP contribution >= 0.6 is 0 Å². The van der Waals surface area contributed by atoms with E-state index in [2.05, 4.69) is 0 Å². The largest absolute Gasteiger partial charge is 0.501 e. The van der Waals surface area contributed by atoms with Crippen LogP contribution < -0.4 is 0 Å². The zero-order valence-electron chi connectivity index (χ0n) is 8.91. The van der Waals surface area contributed by atoms with Crippen LogP contribution in [0.5, 0.6) is 0 Å². The van der Waals surface area contributed by atoms with E-state index in [-0.39, 0.29) is 18.0 Å². The maximum absolute atomic E-state index is 13.3. The summed E-state index contributed by atoms with van der Waals surface area (Å²) in [6.07, 6.45) is 3.21. The lowest BCUT2D eigenvalue weighted by molar-refractivity contribution is -0.115. The second-order valence-corrected chi connectivity index (χ2v) is 3.81. The third kappa shape index (κ3) is 2.48. The third-order valence-corrected chi connectivity index (χ3v) is 2.60. The molecule has 2 rings (SSSR count). The van der Waals surface area contributed by atoms with Gasteiger partial charge in [-0.15, -0.1) is 0 Å². The molecule has 1 aliphatic rings. The van der Waals surface area contributed by atoms with Gasteiger partial charge in [0.2, 0.25) is 0 Å². The molecule has 0 unspecified atom stereocenters. The van der Waals surface area contributed by atoms with Crippen LogP contribution in [0, 0.1) is 5.82 Å². The van der Waals surface area contributed by atoms with Crippen LogP contribution in [0.3, 0.4) is 0 Å². The molecule has 84 valence electrons. The van der Waals surface area contributed by atoms with Crippen molar-refractivity contribution in [3.05, 3.63) is 47.5 Å². The molecule has 1 aromatic rings. The minimum atomic E-state index is -0.326. The smallest absolute Gasteiger partial charge is 0.166 e. The highest BCUT2D eigenvalue weighted by molar-refractivity contribution is 5.96. The molecule has 0 bridgehead atoms. The number of hydrogen-bond donors (Lipinski definition) is 0. The number of benzene rings is 1. The monoisotopic (exact) mass is 220 g/mol. The lowest BCUT2D eigenvalue weighted by atomic mass is 9.99. The van der Waals surface area contributed by atoms with Crippen molar-refractivity contribution in [2.24, 2.45) is 0 Å². The first kappa shape index (κ1) is 10.9. The molecule has 0 radical (unpaired) electrons. The quantitative estimate of drug-likeness (QED) is 0.782. The molecule has 0 fully saturated rings. The number of allylic oxidation sites excluding steroid dienone is 1. The fourth-order valence-electron chi connectivity index (χ4n) is 1.70. The Morgan fingerprint density at radius 3 is 2.88 bits per heavy atom. The molecule has 0 N–H and O–H groups in total. The van der Waals surface area contributed by atoms with E-state index < -0.39 is 0 Å². The molecule has 0 saturated heterocycles. The van der Waals surface area contributed by atoms with E-state index in [1.807, 2.05) is 0 Å². The third-order valence-electron chi connectivity index (χ3n) is 2.60. The number of rotatable bonds is 3. The zero-order chi connectivity index (χ0) is 11.4. The van der Waals surface area contributed by atoms with E-state index in [0.29, 0.717) is 17.7 Å². The Labute approximate surface area is 93.7 Å². The molecule has 0 atom stereocenters. The molecular weight excluding hydrogens is 207 g/mol. The molecule has 0 amide bonds. The molecule has 3 heteroatoms. The van der Waals surface area contributed by atoms with Gasteiger partial charge >= 0.3 is 0 Å². The van der Waals surface area contributed by atoms with E-state index in [0.717, 1.165) is 12.8 Å². The molecule has 0 saturated carbocycles. The van der Waals surface area contributed by atoms with Crippen molar-refractivity contribution in [1.29, 1.82) is 0 Å². The number of hydrogen-bond acceptors (Lipinski definition) is 2. The van der Waals surface area contributed by atoms with E-state index in [9.17, 15) is 9.18 Å². The molecule has 16 heavy (non-hydrogen) atoms. The number of ketones is 1. The number of halogens is 1. The van der Waals surface area contributed by atoms with Crippen molar-refractivity contribution in [2.45, 2.75) is 19.3 Å². The second kappa shape index (κ2) is 4.92. The molecule has 0 aromatic heterocycles. The van der Waals surface area contributed by atoms with Gasteiger partial charge in [-0.2, -0.15) is 0 Å². The molecule has 0 aliphatic carbocycles. The Morgan fingerprint density at radius 1 is 1.38 bits per heavy atom. The predicted octanol–water partition coefficient (Wildman–Crippen LogP) is 2.63. The zero-order valence-corrected chi connectivity index (χ0v) is 8.91. The molecular formula is C13H13FO2. The van der Waals surface area contributed by atoms with Crippen LogP contribution in [0.4, 0.5) is 4.39 Å². The van der Waals surface area contributed by atoms with Gasteiger partial charge in [0.1, 0.15) is 5.82 Å². The van der Waals surface area contributed by atoms with Crippen molar-refractivity contribution in [3.8, 4) is 0 Å². The second-order valence-electron chi connectivity index (χ2n) is 3.81. The lowest BCUT2D eigenvalue weighted by Crippen LogP contribution is -2.12. The summed E-state index contributed by atoms with van der Waals surface area (Å²) in [6.45, 7) is 0.663. The summed E-state index contributed by atoms with van der Waals surface area (Å²) < 4.78 is 18.4.